The van der Waals surface area contributed by atoms with Gasteiger partial charge in [-0.15, -0.1) is 23.1 Å². The van der Waals surface area contributed by atoms with E-state index in [0.29, 0.717) is 0 Å². The molecule has 1 saturated heterocycles. The van der Waals surface area contributed by atoms with Gasteiger partial charge in [0.05, 0.1) is 16.9 Å². The van der Waals surface area contributed by atoms with E-state index in [4.69, 9.17) is 4.99 Å². The molecular formula is C25H32N4S2. The first kappa shape index (κ1) is 23.4. The number of benzene rings is 1. The van der Waals surface area contributed by atoms with Gasteiger partial charge in [0, 0.05) is 31.1 Å². The Morgan fingerprint density at radius 1 is 1.26 bits per heavy atom. The quantitative estimate of drug-likeness (QED) is 0.521. The van der Waals surface area contributed by atoms with Gasteiger partial charge in [-0.1, -0.05) is 49.9 Å². The van der Waals surface area contributed by atoms with Gasteiger partial charge >= 0.3 is 0 Å². The molecule has 2 aliphatic rings. The number of thiophene rings is 1. The van der Waals surface area contributed by atoms with Crippen molar-refractivity contribution in [2.45, 2.75) is 20.8 Å². The zero-order chi connectivity index (χ0) is 22.1. The molecule has 2 aromatic rings. The lowest BCUT2D eigenvalue weighted by atomic mass is 10.2. The summed E-state index contributed by atoms with van der Waals surface area (Å²) in [5, 5.41) is 8.17. The molecule has 1 aromatic carbocycles. The largest absolute Gasteiger partial charge is 0.353 e. The Hall–Kier alpha value is -2.28. The van der Waals surface area contributed by atoms with Gasteiger partial charge in [0.1, 0.15) is 10.8 Å². The number of amidine groups is 1. The van der Waals surface area contributed by atoms with Gasteiger partial charge in [-0.3, -0.25) is 0 Å². The van der Waals surface area contributed by atoms with Gasteiger partial charge in [0.15, 0.2) is 0 Å². The van der Waals surface area contributed by atoms with Crippen molar-refractivity contribution in [2.24, 2.45) is 4.99 Å². The van der Waals surface area contributed by atoms with E-state index in [-0.39, 0.29) is 0 Å². The summed E-state index contributed by atoms with van der Waals surface area (Å²) < 4.78 is 0. The molecule has 1 aromatic heterocycles. The molecule has 0 spiro atoms. The van der Waals surface area contributed by atoms with Crippen LogP contribution in [0.25, 0.3) is 0 Å². The highest BCUT2D eigenvalue weighted by atomic mass is 32.2. The molecule has 0 atom stereocenters. The zero-order valence-corrected chi connectivity index (χ0v) is 20.3. The molecule has 0 aliphatic carbocycles. The van der Waals surface area contributed by atoms with Crippen LogP contribution in [0.5, 0.6) is 0 Å². The molecule has 0 amide bonds. The smallest absolute Gasteiger partial charge is 0.139 e. The molecule has 0 unspecified atom stereocenters. The second-order valence-electron chi connectivity index (χ2n) is 7.25. The van der Waals surface area contributed by atoms with Crippen LogP contribution >= 0.6 is 23.1 Å². The molecule has 2 N–H and O–H groups in total. The van der Waals surface area contributed by atoms with E-state index in [0.717, 1.165) is 49.1 Å². The maximum Gasteiger partial charge on any atom is 0.139 e. The molecule has 4 nitrogen and oxygen atoms in total. The Labute approximate surface area is 194 Å². The molecule has 31 heavy (non-hydrogen) atoms. The molecular weight excluding hydrogens is 420 g/mol. The van der Waals surface area contributed by atoms with Gasteiger partial charge < -0.3 is 15.5 Å². The molecule has 4 rings (SSSR count). The predicted octanol–water partition coefficient (Wildman–Crippen LogP) is 6.48. The lowest BCUT2D eigenvalue weighted by Gasteiger charge is -2.30. The Morgan fingerprint density at radius 3 is 2.77 bits per heavy atom. The molecule has 1 fully saturated rings. The molecule has 0 radical (unpaired) electrons. The summed E-state index contributed by atoms with van der Waals surface area (Å²) in [7, 11) is 0. The normalized spacial score (nSPS) is 15.8. The first-order valence-corrected chi connectivity index (χ1v) is 12.5. The number of aryl methyl sites for hydroxylation is 1. The molecule has 6 heteroatoms. The summed E-state index contributed by atoms with van der Waals surface area (Å²) in [6.45, 7) is 14.1. The second-order valence-corrected chi connectivity index (χ2v) is 10.0. The van der Waals surface area contributed by atoms with Crippen LogP contribution in [0, 0.1) is 6.92 Å². The Bertz CT molecular complexity index is 966. The number of nitrogens with one attached hydrogen (secondary N) is 2. The van der Waals surface area contributed by atoms with Crippen LogP contribution in [0.2, 0.25) is 0 Å². The summed E-state index contributed by atoms with van der Waals surface area (Å²) in [6.07, 6.45) is 7.81. The number of para-hydroxylation sites is 2. The summed E-state index contributed by atoms with van der Waals surface area (Å²) in [5.74, 6) is 2.25. The highest BCUT2D eigenvalue weighted by Gasteiger charge is 2.24. The summed E-state index contributed by atoms with van der Waals surface area (Å²) in [6, 6.07) is 10.5. The van der Waals surface area contributed by atoms with Gasteiger partial charge in [-0.05, 0) is 42.7 Å². The van der Waals surface area contributed by atoms with Crippen LogP contribution in [0.4, 0.5) is 16.4 Å². The second kappa shape index (κ2) is 11.9. The number of hydrogen-bond acceptors (Lipinski definition) is 6. The van der Waals surface area contributed by atoms with E-state index in [1.165, 1.54) is 20.3 Å². The number of thioether (sulfide) groups is 1. The van der Waals surface area contributed by atoms with E-state index in [1.54, 1.807) is 17.4 Å². The van der Waals surface area contributed by atoms with E-state index in [1.807, 2.05) is 30.0 Å². The van der Waals surface area contributed by atoms with Crippen molar-refractivity contribution < 1.29 is 0 Å². The SMILES string of the molecule is C=C/C=C\C=C(/C)SCC.Cc1cc2c(s1)Nc1ccccc1N=C2N1CCNCC1. The summed E-state index contributed by atoms with van der Waals surface area (Å²) >= 11 is 3.66. The van der Waals surface area contributed by atoms with Crippen molar-refractivity contribution in [3.8, 4) is 0 Å². The van der Waals surface area contributed by atoms with Crippen molar-refractivity contribution in [1.82, 2.24) is 10.2 Å². The van der Waals surface area contributed by atoms with Crippen LogP contribution in [-0.4, -0.2) is 42.7 Å². The number of rotatable bonds is 4. The third kappa shape index (κ3) is 6.60. The number of nitrogens with zero attached hydrogens (tertiary/aromatic N) is 2. The van der Waals surface area contributed by atoms with Crippen LogP contribution in [0.15, 0.2) is 71.1 Å². The highest BCUT2D eigenvalue weighted by molar-refractivity contribution is 8.03. The third-order valence-electron chi connectivity index (χ3n) is 4.84. The van der Waals surface area contributed by atoms with Crippen molar-refractivity contribution in [3.05, 3.63) is 76.6 Å². The minimum Gasteiger partial charge on any atom is -0.353 e. The van der Waals surface area contributed by atoms with Crippen LogP contribution < -0.4 is 10.6 Å². The standard InChI is InChI=1S/C16H18N4S.C9H14S/c1-11-10-12-15(20-8-6-17-7-9-20)18-13-4-2-3-5-14(13)19-16(12)21-11;1-4-6-7-8-9(3)10-5-2/h2-5,10,17,19H,6-9H2,1H3;4,6-8H,1,5H2,2-3H3/b;7-6-,9-8+. The number of fused-ring (bicyclic) bond motifs is 2. The number of piperazine rings is 1. The predicted molar refractivity (Wildman–Crippen MR) is 141 cm³/mol. The summed E-state index contributed by atoms with van der Waals surface area (Å²) in [5.41, 5.74) is 3.34. The topological polar surface area (TPSA) is 39.7 Å². The minimum atomic E-state index is 1.01. The minimum absolute atomic E-state index is 1.01. The van der Waals surface area contributed by atoms with Crippen LogP contribution in [0.3, 0.4) is 0 Å². The summed E-state index contributed by atoms with van der Waals surface area (Å²) in [4.78, 5) is 10.0. The number of allylic oxidation sites excluding steroid dienone is 5. The lowest BCUT2D eigenvalue weighted by Crippen LogP contribution is -2.46. The molecule has 0 bridgehead atoms. The van der Waals surface area contributed by atoms with Crippen LogP contribution in [-0.2, 0) is 0 Å². The van der Waals surface area contributed by atoms with Crippen molar-refractivity contribution >= 4 is 45.3 Å². The van der Waals surface area contributed by atoms with E-state index >= 15 is 0 Å². The number of aliphatic imine (C=N–C) groups is 1. The number of anilines is 2. The Balaban J connectivity index is 0.000000233. The third-order valence-corrected chi connectivity index (χ3v) is 6.69. The first-order chi connectivity index (χ1) is 15.1. The van der Waals surface area contributed by atoms with Gasteiger partial charge in [-0.25, -0.2) is 4.99 Å². The van der Waals surface area contributed by atoms with E-state index in [2.05, 4.69) is 73.2 Å². The van der Waals surface area contributed by atoms with Crippen LogP contribution in [0.1, 0.15) is 24.3 Å². The maximum absolute atomic E-state index is 4.98. The zero-order valence-electron chi connectivity index (χ0n) is 18.6. The number of hydrogen-bond donors (Lipinski definition) is 2. The lowest BCUT2D eigenvalue weighted by molar-refractivity contribution is 0.358. The molecule has 0 saturated carbocycles. The fourth-order valence-electron chi connectivity index (χ4n) is 3.41. The highest BCUT2D eigenvalue weighted by Crippen LogP contribution is 2.38. The average Bonchev–Trinajstić information content (AvgIpc) is 3.06. The van der Waals surface area contributed by atoms with E-state index in [9.17, 15) is 0 Å². The maximum atomic E-state index is 4.98. The first-order valence-electron chi connectivity index (χ1n) is 10.7. The monoisotopic (exact) mass is 452 g/mol. The fraction of sp³-hybridized carbons (Fsp3) is 0.320. The van der Waals surface area contributed by atoms with Crippen molar-refractivity contribution in [2.75, 3.05) is 37.2 Å². The van der Waals surface area contributed by atoms with Crippen molar-refractivity contribution in [1.29, 1.82) is 0 Å². The van der Waals surface area contributed by atoms with Gasteiger partial charge in [0.25, 0.3) is 0 Å². The fourth-order valence-corrected chi connectivity index (χ4v) is 4.96. The van der Waals surface area contributed by atoms with Gasteiger partial charge in [0.2, 0.25) is 0 Å². The van der Waals surface area contributed by atoms with Crippen molar-refractivity contribution in [3.63, 3.8) is 0 Å². The van der Waals surface area contributed by atoms with Gasteiger partial charge in [-0.2, -0.15) is 0 Å². The molecule has 2 aliphatic heterocycles. The van der Waals surface area contributed by atoms with E-state index < -0.39 is 0 Å². The average molecular weight is 453 g/mol. The molecule has 164 valence electrons. The molecule has 3 heterocycles. The Morgan fingerprint density at radius 2 is 2.03 bits per heavy atom. The Kier molecular flexibility index (Phi) is 9.00.